The van der Waals surface area contributed by atoms with Crippen LogP contribution in [0.3, 0.4) is 0 Å². The third-order valence-corrected chi connectivity index (χ3v) is 2.73. The van der Waals surface area contributed by atoms with Gasteiger partial charge in [0, 0.05) is 5.56 Å². The van der Waals surface area contributed by atoms with Crippen LogP contribution in [0, 0.1) is 5.41 Å². The van der Waals surface area contributed by atoms with E-state index in [9.17, 15) is 4.79 Å². The van der Waals surface area contributed by atoms with E-state index >= 15 is 0 Å². The monoisotopic (exact) mass is 178 g/mol. The zero-order valence-corrected chi connectivity index (χ0v) is 8.05. The molecule has 1 aliphatic carbocycles. The predicted octanol–water partition coefficient (Wildman–Crippen LogP) is 1.28. The lowest BCUT2D eigenvalue weighted by atomic mass is 9.76. The molecule has 13 heavy (non-hydrogen) atoms. The van der Waals surface area contributed by atoms with Crippen molar-refractivity contribution in [1.82, 2.24) is 9.97 Å². The summed E-state index contributed by atoms with van der Waals surface area (Å²) in [4.78, 5) is 18.3. The smallest absolute Gasteiger partial charge is 0.254 e. The highest BCUT2D eigenvalue weighted by atomic mass is 16.1. The molecule has 3 heteroatoms. The number of aryl methyl sites for hydroxylation is 1. The van der Waals surface area contributed by atoms with Crippen LogP contribution < -0.4 is 5.56 Å². The van der Waals surface area contributed by atoms with Crippen molar-refractivity contribution in [3.05, 3.63) is 27.9 Å². The largest absolute Gasteiger partial charge is 0.313 e. The SMILES string of the molecule is CC1(C)CCc2nc[nH]c(=O)c2C1. The first-order chi connectivity index (χ1) is 6.08. The van der Waals surface area contributed by atoms with Crippen molar-refractivity contribution < 1.29 is 0 Å². The van der Waals surface area contributed by atoms with E-state index in [0.29, 0.717) is 0 Å². The van der Waals surface area contributed by atoms with Crippen molar-refractivity contribution in [2.75, 3.05) is 0 Å². The van der Waals surface area contributed by atoms with Gasteiger partial charge >= 0.3 is 0 Å². The molecule has 1 aromatic rings. The van der Waals surface area contributed by atoms with Crippen LogP contribution in [-0.4, -0.2) is 9.97 Å². The fourth-order valence-electron chi connectivity index (χ4n) is 1.89. The molecule has 70 valence electrons. The maximum atomic E-state index is 11.5. The van der Waals surface area contributed by atoms with Gasteiger partial charge in [0.1, 0.15) is 0 Å². The van der Waals surface area contributed by atoms with Crippen molar-refractivity contribution in [3.63, 3.8) is 0 Å². The molecule has 0 aliphatic heterocycles. The number of nitrogens with one attached hydrogen (secondary N) is 1. The molecule has 1 aliphatic rings. The first-order valence-electron chi connectivity index (χ1n) is 4.64. The lowest BCUT2D eigenvalue weighted by molar-refractivity contribution is 0.310. The first kappa shape index (κ1) is 8.48. The molecule has 0 radical (unpaired) electrons. The Morgan fingerprint density at radius 1 is 1.54 bits per heavy atom. The Bertz CT molecular complexity index is 379. The molecule has 0 saturated heterocycles. The summed E-state index contributed by atoms with van der Waals surface area (Å²) < 4.78 is 0. The molecule has 0 atom stereocenters. The molecular weight excluding hydrogens is 164 g/mol. The van der Waals surface area contributed by atoms with Gasteiger partial charge in [-0.3, -0.25) is 4.79 Å². The number of nitrogens with zero attached hydrogens (tertiary/aromatic N) is 1. The average Bonchev–Trinajstić information content (AvgIpc) is 2.06. The highest BCUT2D eigenvalue weighted by Crippen LogP contribution is 2.31. The standard InChI is InChI=1S/C10H14N2O/c1-10(2)4-3-8-7(5-10)9(13)12-6-11-8/h6H,3-5H2,1-2H3,(H,11,12,13). The maximum absolute atomic E-state index is 11.5. The Hall–Kier alpha value is -1.12. The maximum Gasteiger partial charge on any atom is 0.254 e. The summed E-state index contributed by atoms with van der Waals surface area (Å²) in [6, 6.07) is 0. The van der Waals surface area contributed by atoms with Crippen LogP contribution in [0.2, 0.25) is 0 Å². The van der Waals surface area contributed by atoms with Gasteiger partial charge in [-0.05, 0) is 24.7 Å². The number of H-pyrrole nitrogens is 1. The second-order valence-electron chi connectivity index (χ2n) is 4.50. The summed E-state index contributed by atoms with van der Waals surface area (Å²) in [6.07, 6.45) is 4.41. The second kappa shape index (κ2) is 2.69. The number of rotatable bonds is 0. The summed E-state index contributed by atoms with van der Waals surface area (Å²) >= 11 is 0. The predicted molar refractivity (Wildman–Crippen MR) is 50.7 cm³/mol. The van der Waals surface area contributed by atoms with E-state index in [-0.39, 0.29) is 11.0 Å². The van der Waals surface area contributed by atoms with E-state index in [1.165, 1.54) is 6.33 Å². The number of fused-ring (bicyclic) bond motifs is 1. The third-order valence-electron chi connectivity index (χ3n) is 2.73. The Morgan fingerprint density at radius 2 is 2.31 bits per heavy atom. The summed E-state index contributed by atoms with van der Waals surface area (Å²) in [5.41, 5.74) is 2.17. The fraction of sp³-hybridized carbons (Fsp3) is 0.600. The molecule has 0 saturated carbocycles. The summed E-state index contributed by atoms with van der Waals surface area (Å²) in [5.74, 6) is 0. The van der Waals surface area contributed by atoms with Gasteiger partial charge in [0.25, 0.3) is 5.56 Å². The van der Waals surface area contributed by atoms with Gasteiger partial charge in [-0.1, -0.05) is 13.8 Å². The third kappa shape index (κ3) is 1.50. The first-order valence-corrected chi connectivity index (χ1v) is 4.64. The molecule has 0 bridgehead atoms. The van der Waals surface area contributed by atoms with Crippen molar-refractivity contribution >= 4 is 0 Å². The van der Waals surface area contributed by atoms with E-state index in [0.717, 1.165) is 30.5 Å². The molecule has 0 fully saturated rings. The van der Waals surface area contributed by atoms with Crippen molar-refractivity contribution in [3.8, 4) is 0 Å². The molecule has 2 rings (SSSR count). The minimum absolute atomic E-state index is 0.0396. The van der Waals surface area contributed by atoms with Gasteiger partial charge in [0.05, 0.1) is 12.0 Å². The minimum atomic E-state index is 0.0396. The molecular formula is C10H14N2O. The molecule has 0 aromatic carbocycles. The highest BCUT2D eigenvalue weighted by Gasteiger charge is 2.27. The number of aromatic nitrogens is 2. The van der Waals surface area contributed by atoms with Gasteiger partial charge in [-0.2, -0.15) is 0 Å². The molecule has 0 amide bonds. The second-order valence-corrected chi connectivity index (χ2v) is 4.50. The minimum Gasteiger partial charge on any atom is -0.313 e. The molecule has 1 heterocycles. The Balaban J connectivity index is 2.50. The summed E-state index contributed by atoms with van der Waals surface area (Å²) in [5, 5.41) is 0. The van der Waals surface area contributed by atoms with Gasteiger partial charge in [0.2, 0.25) is 0 Å². The molecule has 3 nitrogen and oxygen atoms in total. The van der Waals surface area contributed by atoms with E-state index in [4.69, 9.17) is 0 Å². The van der Waals surface area contributed by atoms with E-state index in [1.54, 1.807) is 0 Å². The zero-order chi connectivity index (χ0) is 9.47. The van der Waals surface area contributed by atoms with Crippen molar-refractivity contribution in [2.45, 2.75) is 33.1 Å². The van der Waals surface area contributed by atoms with Gasteiger partial charge in [0.15, 0.2) is 0 Å². The normalized spacial score (nSPS) is 19.5. The Morgan fingerprint density at radius 3 is 3.08 bits per heavy atom. The van der Waals surface area contributed by atoms with Crippen molar-refractivity contribution in [1.29, 1.82) is 0 Å². The van der Waals surface area contributed by atoms with Crippen LogP contribution in [0.4, 0.5) is 0 Å². The Kier molecular flexibility index (Phi) is 1.75. The topological polar surface area (TPSA) is 45.8 Å². The number of hydrogen-bond acceptors (Lipinski definition) is 2. The number of hydrogen-bond donors (Lipinski definition) is 1. The van der Waals surface area contributed by atoms with Crippen LogP contribution in [0.15, 0.2) is 11.1 Å². The quantitative estimate of drug-likeness (QED) is 0.650. The van der Waals surface area contributed by atoms with E-state index in [2.05, 4.69) is 23.8 Å². The van der Waals surface area contributed by atoms with E-state index < -0.39 is 0 Å². The van der Waals surface area contributed by atoms with Gasteiger partial charge in [-0.15, -0.1) is 0 Å². The summed E-state index contributed by atoms with van der Waals surface area (Å²) in [6.45, 7) is 4.39. The highest BCUT2D eigenvalue weighted by molar-refractivity contribution is 5.21. The van der Waals surface area contributed by atoms with Crippen LogP contribution in [0.1, 0.15) is 31.5 Å². The molecule has 0 unspecified atom stereocenters. The van der Waals surface area contributed by atoms with Crippen LogP contribution >= 0.6 is 0 Å². The van der Waals surface area contributed by atoms with Gasteiger partial charge in [-0.25, -0.2) is 4.98 Å². The van der Waals surface area contributed by atoms with Crippen molar-refractivity contribution in [2.24, 2.45) is 5.41 Å². The molecule has 1 aromatic heterocycles. The average molecular weight is 178 g/mol. The molecule has 1 N–H and O–H groups in total. The van der Waals surface area contributed by atoms with Crippen LogP contribution in [0.25, 0.3) is 0 Å². The lowest BCUT2D eigenvalue weighted by Gasteiger charge is -2.29. The summed E-state index contributed by atoms with van der Waals surface area (Å²) in [7, 11) is 0. The zero-order valence-electron chi connectivity index (χ0n) is 8.05. The van der Waals surface area contributed by atoms with Gasteiger partial charge < -0.3 is 4.98 Å². The van der Waals surface area contributed by atoms with Crippen LogP contribution in [-0.2, 0) is 12.8 Å². The fourth-order valence-corrected chi connectivity index (χ4v) is 1.89. The lowest BCUT2D eigenvalue weighted by Crippen LogP contribution is -2.29. The Labute approximate surface area is 77.2 Å². The molecule has 0 spiro atoms. The number of aromatic amines is 1. The van der Waals surface area contributed by atoms with E-state index in [1.807, 2.05) is 0 Å². The van der Waals surface area contributed by atoms with Crippen LogP contribution in [0.5, 0.6) is 0 Å².